The Morgan fingerprint density at radius 1 is 1.35 bits per heavy atom. The van der Waals surface area contributed by atoms with Crippen molar-refractivity contribution >= 4 is 0 Å². The number of aromatic nitrogens is 4. The lowest BCUT2D eigenvalue weighted by atomic mass is 10.2. The molecule has 0 saturated heterocycles. The molecule has 0 atom stereocenters. The third-order valence-corrected chi connectivity index (χ3v) is 2.90. The van der Waals surface area contributed by atoms with Crippen molar-refractivity contribution in [2.75, 3.05) is 0 Å². The topological polar surface area (TPSA) is 82.9 Å². The SMILES string of the molecule is CCCn1ccc(=O)n(Cc2nc(C(C)C)no2)c1=O. The van der Waals surface area contributed by atoms with E-state index in [1.807, 2.05) is 20.8 Å². The normalized spacial score (nSPS) is 11.2. The lowest BCUT2D eigenvalue weighted by Crippen LogP contribution is -2.39. The summed E-state index contributed by atoms with van der Waals surface area (Å²) in [6.45, 7) is 6.42. The van der Waals surface area contributed by atoms with Gasteiger partial charge in [0.15, 0.2) is 5.82 Å². The third-order valence-electron chi connectivity index (χ3n) is 2.90. The van der Waals surface area contributed by atoms with Crippen molar-refractivity contribution in [2.45, 2.75) is 46.2 Å². The second kappa shape index (κ2) is 5.85. The van der Waals surface area contributed by atoms with Crippen LogP contribution in [-0.4, -0.2) is 19.3 Å². The molecule has 0 aliphatic carbocycles. The molecule has 0 spiro atoms. The van der Waals surface area contributed by atoms with E-state index in [2.05, 4.69) is 10.1 Å². The van der Waals surface area contributed by atoms with Crippen LogP contribution in [0.15, 0.2) is 26.4 Å². The van der Waals surface area contributed by atoms with Crippen molar-refractivity contribution in [3.63, 3.8) is 0 Å². The molecule has 108 valence electrons. The fourth-order valence-corrected chi connectivity index (χ4v) is 1.82. The second-order valence-corrected chi connectivity index (χ2v) is 4.92. The first kappa shape index (κ1) is 14.2. The van der Waals surface area contributed by atoms with Crippen LogP contribution in [0, 0.1) is 0 Å². The fourth-order valence-electron chi connectivity index (χ4n) is 1.82. The van der Waals surface area contributed by atoms with Gasteiger partial charge in [0.2, 0.25) is 5.89 Å². The Bertz CT molecular complexity index is 696. The summed E-state index contributed by atoms with van der Waals surface area (Å²) in [5.41, 5.74) is -0.727. The fraction of sp³-hybridized carbons (Fsp3) is 0.538. The minimum atomic E-state index is -0.369. The van der Waals surface area contributed by atoms with E-state index in [0.717, 1.165) is 11.0 Å². The zero-order chi connectivity index (χ0) is 14.7. The molecule has 0 saturated carbocycles. The van der Waals surface area contributed by atoms with Crippen LogP contribution in [-0.2, 0) is 13.1 Å². The van der Waals surface area contributed by atoms with Gasteiger partial charge in [0, 0.05) is 24.7 Å². The molecule has 2 aromatic rings. The van der Waals surface area contributed by atoms with Crippen LogP contribution in [0.25, 0.3) is 0 Å². The lowest BCUT2D eigenvalue weighted by Gasteiger charge is -2.06. The maximum atomic E-state index is 12.2. The highest BCUT2D eigenvalue weighted by Gasteiger charge is 2.13. The minimum Gasteiger partial charge on any atom is -0.337 e. The van der Waals surface area contributed by atoms with Gasteiger partial charge in [0.1, 0.15) is 6.54 Å². The molecule has 2 rings (SSSR count). The highest BCUT2D eigenvalue weighted by molar-refractivity contribution is 4.94. The summed E-state index contributed by atoms with van der Waals surface area (Å²) >= 11 is 0. The Morgan fingerprint density at radius 2 is 2.10 bits per heavy atom. The molecule has 0 aliphatic heterocycles. The van der Waals surface area contributed by atoms with Gasteiger partial charge in [-0.05, 0) is 6.42 Å². The quantitative estimate of drug-likeness (QED) is 0.814. The van der Waals surface area contributed by atoms with Gasteiger partial charge in [-0.15, -0.1) is 0 Å². The van der Waals surface area contributed by atoms with Crippen LogP contribution < -0.4 is 11.2 Å². The maximum absolute atomic E-state index is 12.2. The molecule has 2 aromatic heterocycles. The average Bonchev–Trinajstić information content (AvgIpc) is 2.87. The standard InChI is InChI=1S/C13H18N4O3/c1-4-6-16-7-5-11(18)17(13(16)19)8-10-14-12(9(2)3)15-20-10/h5,7,9H,4,6,8H2,1-3H3. The van der Waals surface area contributed by atoms with Crippen molar-refractivity contribution in [3.05, 3.63) is 44.8 Å². The molecule has 2 heterocycles. The molecule has 0 N–H and O–H groups in total. The smallest absolute Gasteiger partial charge is 0.331 e. The number of nitrogens with zero attached hydrogens (tertiary/aromatic N) is 4. The predicted octanol–water partition coefficient (Wildman–Crippen LogP) is 0.975. The van der Waals surface area contributed by atoms with Gasteiger partial charge < -0.3 is 9.09 Å². The molecule has 0 unspecified atom stereocenters. The Morgan fingerprint density at radius 3 is 2.70 bits per heavy atom. The molecule has 7 nitrogen and oxygen atoms in total. The van der Waals surface area contributed by atoms with E-state index in [4.69, 9.17) is 4.52 Å². The third kappa shape index (κ3) is 2.87. The summed E-state index contributed by atoms with van der Waals surface area (Å²) in [4.78, 5) is 28.1. The molecule has 0 radical (unpaired) electrons. The van der Waals surface area contributed by atoms with E-state index in [-0.39, 0.29) is 29.6 Å². The van der Waals surface area contributed by atoms with Gasteiger partial charge in [-0.1, -0.05) is 25.9 Å². The van der Waals surface area contributed by atoms with Crippen LogP contribution in [0.1, 0.15) is 44.8 Å². The van der Waals surface area contributed by atoms with E-state index in [1.165, 1.54) is 16.8 Å². The number of hydrogen-bond donors (Lipinski definition) is 0. The zero-order valence-corrected chi connectivity index (χ0v) is 11.9. The monoisotopic (exact) mass is 278 g/mol. The summed E-state index contributed by atoms with van der Waals surface area (Å²) in [5, 5.41) is 3.82. The van der Waals surface area contributed by atoms with Gasteiger partial charge in [0.25, 0.3) is 5.56 Å². The average molecular weight is 278 g/mol. The zero-order valence-electron chi connectivity index (χ0n) is 11.9. The van der Waals surface area contributed by atoms with Gasteiger partial charge >= 0.3 is 5.69 Å². The van der Waals surface area contributed by atoms with E-state index >= 15 is 0 Å². The number of aryl methyl sites for hydroxylation is 1. The predicted molar refractivity (Wildman–Crippen MR) is 72.7 cm³/mol. The first-order valence-electron chi connectivity index (χ1n) is 6.65. The van der Waals surface area contributed by atoms with E-state index in [9.17, 15) is 9.59 Å². The summed E-state index contributed by atoms with van der Waals surface area (Å²) in [6, 6.07) is 1.37. The molecule has 0 amide bonds. The molecule has 0 aliphatic rings. The van der Waals surface area contributed by atoms with Gasteiger partial charge in [0.05, 0.1) is 0 Å². The van der Waals surface area contributed by atoms with Crippen LogP contribution in [0.5, 0.6) is 0 Å². The van der Waals surface area contributed by atoms with Crippen molar-refractivity contribution in [1.82, 2.24) is 19.3 Å². The summed E-state index contributed by atoms with van der Waals surface area (Å²) in [7, 11) is 0. The Balaban J connectivity index is 2.35. The highest BCUT2D eigenvalue weighted by atomic mass is 16.5. The minimum absolute atomic E-state index is 0.00193. The molecular weight excluding hydrogens is 260 g/mol. The number of rotatable bonds is 5. The van der Waals surface area contributed by atoms with Crippen LogP contribution in [0.3, 0.4) is 0 Å². The molecule has 0 bridgehead atoms. The summed E-state index contributed by atoms with van der Waals surface area (Å²) in [6.07, 6.45) is 2.33. The van der Waals surface area contributed by atoms with Gasteiger partial charge in [-0.25, -0.2) is 4.79 Å². The Kier molecular flexibility index (Phi) is 4.16. The molecule has 0 aromatic carbocycles. The first-order valence-corrected chi connectivity index (χ1v) is 6.65. The molecule has 0 fully saturated rings. The summed E-state index contributed by atoms with van der Waals surface area (Å²) in [5.74, 6) is 0.969. The second-order valence-electron chi connectivity index (χ2n) is 4.92. The summed E-state index contributed by atoms with van der Waals surface area (Å²) < 4.78 is 7.68. The van der Waals surface area contributed by atoms with Crippen LogP contribution in [0.4, 0.5) is 0 Å². The van der Waals surface area contributed by atoms with Gasteiger partial charge in [-0.2, -0.15) is 4.98 Å². The van der Waals surface area contributed by atoms with Crippen LogP contribution >= 0.6 is 0 Å². The van der Waals surface area contributed by atoms with Crippen LogP contribution in [0.2, 0.25) is 0 Å². The lowest BCUT2D eigenvalue weighted by molar-refractivity contribution is 0.359. The molecular formula is C13H18N4O3. The molecule has 7 heteroatoms. The highest BCUT2D eigenvalue weighted by Crippen LogP contribution is 2.09. The Labute approximate surface area is 115 Å². The van der Waals surface area contributed by atoms with E-state index < -0.39 is 0 Å². The largest absolute Gasteiger partial charge is 0.337 e. The van der Waals surface area contributed by atoms with E-state index in [0.29, 0.717) is 12.4 Å². The van der Waals surface area contributed by atoms with E-state index in [1.54, 1.807) is 0 Å². The van der Waals surface area contributed by atoms with Crippen molar-refractivity contribution in [3.8, 4) is 0 Å². The van der Waals surface area contributed by atoms with Gasteiger partial charge in [-0.3, -0.25) is 9.36 Å². The number of hydrogen-bond acceptors (Lipinski definition) is 5. The Hall–Kier alpha value is -2.18. The van der Waals surface area contributed by atoms with Crippen molar-refractivity contribution in [1.29, 1.82) is 0 Å². The first-order chi connectivity index (χ1) is 9.52. The van der Waals surface area contributed by atoms with Crippen molar-refractivity contribution < 1.29 is 4.52 Å². The maximum Gasteiger partial charge on any atom is 0.331 e. The molecule has 20 heavy (non-hydrogen) atoms. The van der Waals surface area contributed by atoms with Crippen molar-refractivity contribution in [2.24, 2.45) is 0 Å².